The molecule has 0 saturated carbocycles. The highest BCUT2D eigenvalue weighted by atomic mass is 16.5. The molecule has 0 aliphatic rings. The minimum absolute atomic E-state index is 0.343. The summed E-state index contributed by atoms with van der Waals surface area (Å²) in [5, 5.41) is 0. The van der Waals surface area contributed by atoms with Gasteiger partial charge >= 0.3 is 0 Å². The fourth-order valence-corrected chi connectivity index (χ4v) is 3.97. The summed E-state index contributed by atoms with van der Waals surface area (Å²) in [6.07, 6.45) is 0.810. The van der Waals surface area contributed by atoms with Crippen LogP contribution in [0.5, 0.6) is 17.5 Å². The van der Waals surface area contributed by atoms with Gasteiger partial charge in [-0.25, -0.2) is 0 Å². The minimum atomic E-state index is 0.343. The van der Waals surface area contributed by atoms with Crippen molar-refractivity contribution in [3.8, 4) is 28.6 Å². The summed E-state index contributed by atoms with van der Waals surface area (Å²) in [6.45, 7) is 1.10. The summed E-state index contributed by atoms with van der Waals surface area (Å²) in [4.78, 5) is 16.2. The van der Waals surface area contributed by atoms with Crippen LogP contribution in [0.15, 0.2) is 121 Å². The van der Waals surface area contributed by atoms with Gasteiger partial charge in [-0.3, -0.25) is 4.79 Å². The highest BCUT2D eigenvalue weighted by Gasteiger charge is 2.16. The van der Waals surface area contributed by atoms with Crippen LogP contribution in [0.2, 0.25) is 0 Å². The monoisotopic (exact) mass is 501 g/mol. The standard InChI is InChI=1S/C33H27NO4/c35-21-28-16-17-29(31(20-28)36-22-25-10-4-1-5-11-25)30-18-19-32(37-23-26-12-6-2-7-13-26)34-33(30)38-24-27-14-8-3-9-15-27/h1-21H,22-24H2. The molecule has 0 spiro atoms. The van der Waals surface area contributed by atoms with Gasteiger partial charge in [0.05, 0.1) is 0 Å². The Hall–Kier alpha value is -4.90. The molecule has 5 rings (SSSR count). The van der Waals surface area contributed by atoms with Gasteiger partial charge in [0.15, 0.2) is 0 Å². The molecule has 188 valence electrons. The van der Waals surface area contributed by atoms with E-state index >= 15 is 0 Å². The molecule has 5 nitrogen and oxygen atoms in total. The minimum Gasteiger partial charge on any atom is -0.488 e. The summed E-state index contributed by atoms with van der Waals surface area (Å²) in [6, 6.07) is 38.9. The Morgan fingerprint density at radius 3 is 1.66 bits per heavy atom. The van der Waals surface area contributed by atoms with Gasteiger partial charge in [-0.1, -0.05) is 97.1 Å². The van der Waals surface area contributed by atoms with Crippen molar-refractivity contribution in [3.63, 3.8) is 0 Å². The third-order valence-electron chi connectivity index (χ3n) is 5.95. The zero-order valence-electron chi connectivity index (χ0n) is 20.8. The van der Waals surface area contributed by atoms with Crippen LogP contribution in [0, 0.1) is 0 Å². The smallest absolute Gasteiger partial charge is 0.225 e. The number of carbonyl (C=O) groups is 1. The van der Waals surface area contributed by atoms with Crippen molar-refractivity contribution in [2.75, 3.05) is 0 Å². The first-order valence-electron chi connectivity index (χ1n) is 12.4. The number of nitrogens with zero attached hydrogens (tertiary/aromatic N) is 1. The topological polar surface area (TPSA) is 57.7 Å². The van der Waals surface area contributed by atoms with Crippen LogP contribution < -0.4 is 14.2 Å². The van der Waals surface area contributed by atoms with E-state index < -0.39 is 0 Å². The second-order valence-corrected chi connectivity index (χ2v) is 8.70. The summed E-state index contributed by atoms with van der Waals surface area (Å²) in [5.74, 6) is 1.45. The summed E-state index contributed by atoms with van der Waals surface area (Å²) in [5.41, 5.74) is 5.14. The molecule has 5 heteroatoms. The first-order chi connectivity index (χ1) is 18.8. The number of ether oxygens (including phenoxy) is 3. The molecule has 0 amide bonds. The van der Waals surface area contributed by atoms with E-state index in [9.17, 15) is 4.79 Å². The zero-order valence-corrected chi connectivity index (χ0v) is 20.8. The Morgan fingerprint density at radius 2 is 1.08 bits per heavy atom. The number of hydrogen-bond acceptors (Lipinski definition) is 5. The Labute approximate surface area is 222 Å². The van der Waals surface area contributed by atoms with Gasteiger partial charge in [0.2, 0.25) is 11.8 Å². The molecule has 1 heterocycles. The van der Waals surface area contributed by atoms with Gasteiger partial charge in [0.1, 0.15) is 31.9 Å². The quantitative estimate of drug-likeness (QED) is 0.178. The Balaban J connectivity index is 1.47. The maximum Gasteiger partial charge on any atom is 0.225 e. The van der Waals surface area contributed by atoms with Crippen molar-refractivity contribution < 1.29 is 19.0 Å². The van der Waals surface area contributed by atoms with Crippen LogP contribution in [0.4, 0.5) is 0 Å². The van der Waals surface area contributed by atoms with Gasteiger partial charge in [-0.05, 0) is 34.9 Å². The number of pyridine rings is 1. The van der Waals surface area contributed by atoms with Crippen LogP contribution in [0.25, 0.3) is 11.1 Å². The number of rotatable bonds is 11. The van der Waals surface area contributed by atoms with Crippen molar-refractivity contribution >= 4 is 6.29 Å². The fraction of sp³-hybridized carbons (Fsp3) is 0.0909. The van der Waals surface area contributed by atoms with E-state index in [1.165, 1.54) is 0 Å². The molecule has 0 bridgehead atoms. The first kappa shape index (κ1) is 24.8. The zero-order chi connectivity index (χ0) is 26.0. The molecular weight excluding hydrogens is 474 g/mol. The average molecular weight is 502 g/mol. The SMILES string of the molecule is O=Cc1ccc(-c2ccc(OCc3ccccc3)nc2OCc2ccccc2)c(OCc2ccccc2)c1. The molecule has 1 aromatic heterocycles. The van der Waals surface area contributed by atoms with Crippen molar-refractivity contribution in [1.29, 1.82) is 0 Å². The van der Waals surface area contributed by atoms with E-state index in [4.69, 9.17) is 19.2 Å². The van der Waals surface area contributed by atoms with Crippen LogP contribution in [0.1, 0.15) is 27.0 Å². The van der Waals surface area contributed by atoms with Crippen LogP contribution >= 0.6 is 0 Å². The number of hydrogen-bond donors (Lipinski definition) is 0. The van der Waals surface area contributed by atoms with E-state index in [2.05, 4.69) is 0 Å². The fourth-order valence-electron chi connectivity index (χ4n) is 3.97. The van der Waals surface area contributed by atoms with E-state index in [0.717, 1.165) is 34.1 Å². The second-order valence-electron chi connectivity index (χ2n) is 8.70. The number of aldehydes is 1. The molecular formula is C33H27NO4. The summed E-state index contributed by atoms with van der Waals surface area (Å²) < 4.78 is 18.4. The van der Waals surface area contributed by atoms with Gasteiger partial charge in [0, 0.05) is 22.8 Å². The van der Waals surface area contributed by atoms with E-state index in [1.807, 2.05) is 109 Å². The van der Waals surface area contributed by atoms with Gasteiger partial charge in [-0.15, -0.1) is 0 Å². The molecule has 0 radical (unpaired) electrons. The number of benzene rings is 4. The van der Waals surface area contributed by atoms with Crippen LogP contribution in [-0.2, 0) is 19.8 Å². The normalized spacial score (nSPS) is 10.5. The van der Waals surface area contributed by atoms with Crippen molar-refractivity contribution in [2.24, 2.45) is 0 Å². The largest absolute Gasteiger partial charge is 0.488 e. The van der Waals surface area contributed by atoms with E-state index in [1.54, 1.807) is 12.1 Å². The summed E-state index contributed by atoms with van der Waals surface area (Å²) in [7, 11) is 0. The highest BCUT2D eigenvalue weighted by molar-refractivity contribution is 5.81. The lowest BCUT2D eigenvalue weighted by Crippen LogP contribution is -2.03. The number of carbonyl (C=O) groups excluding carboxylic acids is 1. The van der Waals surface area contributed by atoms with Crippen molar-refractivity contribution in [2.45, 2.75) is 19.8 Å². The third-order valence-corrected chi connectivity index (χ3v) is 5.95. The predicted molar refractivity (Wildman–Crippen MR) is 147 cm³/mol. The Bertz CT molecular complexity index is 1470. The van der Waals surface area contributed by atoms with Crippen molar-refractivity contribution in [1.82, 2.24) is 4.98 Å². The molecule has 0 atom stereocenters. The highest BCUT2D eigenvalue weighted by Crippen LogP contribution is 2.38. The lowest BCUT2D eigenvalue weighted by molar-refractivity contribution is 0.112. The lowest BCUT2D eigenvalue weighted by Gasteiger charge is -2.16. The Kier molecular flexibility index (Phi) is 8.07. The molecule has 0 aliphatic carbocycles. The average Bonchev–Trinajstić information content (AvgIpc) is 2.99. The van der Waals surface area contributed by atoms with Gasteiger partial charge < -0.3 is 14.2 Å². The Morgan fingerprint density at radius 1 is 0.553 bits per heavy atom. The molecule has 0 saturated heterocycles. The van der Waals surface area contributed by atoms with Crippen LogP contribution in [-0.4, -0.2) is 11.3 Å². The lowest BCUT2D eigenvalue weighted by atomic mass is 10.0. The molecule has 5 aromatic rings. The first-order valence-corrected chi connectivity index (χ1v) is 12.4. The van der Waals surface area contributed by atoms with Gasteiger partial charge in [-0.2, -0.15) is 4.98 Å². The summed E-state index contributed by atoms with van der Waals surface area (Å²) >= 11 is 0. The molecule has 0 aliphatic heterocycles. The molecule has 38 heavy (non-hydrogen) atoms. The number of aromatic nitrogens is 1. The molecule has 0 N–H and O–H groups in total. The molecule has 0 unspecified atom stereocenters. The molecule has 0 fully saturated rings. The van der Waals surface area contributed by atoms with Crippen molar-refractivity contribution in [3.05, 3.63) is 144 Å². The third kappa shape index (κ3) is 6.45. The molecule has 4 aromatic carbocycles. The van der Waals surface area contributed by atoms with E-state index in [0.29, 0.717) is 42.9 Å². The second kappa shape index (κ2) is 12.4. The maximum atomic E-state index is 11.5. The maximum absolute atomic E-state index is 11.5. The predicted octanol–water partition coefficient (Wildman–Crippen LogP) is 7.30. The van der Waals surface area contributed by atoms with Gasteiger partial charge in [0.25, 0.3) is 0 Å². The van der Waals surface area contributed by atoms with E-state index in [-0.39, 0.29) is 0 Å². The van der Waals surface area contributed by atoms with Crippen LogP contribution in [0.3, 0.4) is 0 Å².